The summed E-state index contributed by atoms with van der Waals surface area (Å²) in [6.07, 6.45) is 2.49. The summed E-state index contributed by atoms with van der Waals surface area (Å²) in [6, 6.07) is 15.2. The van der Waals surface area contributed by atoms with Crippen molar-refractivity contribution in [3.05, 3.63) is 72.5 Å². The molecule has 3 N–H and O–H groups in total. The summed E-state index contributed by atoms with van der Waals surface area (Å²) in [5, 5.41) is 2.41. The molecule has 99 valence electrons. The molecular formula is C15H18N3O. The van der Waals surface area contributed by atoms with Gasteiger partial charge in [0.15, 0.2) is 0 Å². The van der Waals surface area contributed by atoms with E-state index in [0.717, 1.165) is 11.3 Å². The van der Waals surface area contributed by atoms with Gasteiger partial charge in [-0.15, -0.1) is 0 Å². The van der Waals surface area contributed by atoms with Gasteiger partial charge in [-0.3, -0.25) is 4.98 Å². The highest BCUT2D eigenvalue weighted by molar-refractivity contribution is 5.72. The van der Waals surface area contributed by atoms with Crippen molar-refractivity contribution in [3.63, 3.8) is 0 Å². The average Bonchev–Trinajstić information content (AvgIpc) is 2.41. The van der Waals surface area contributed by atoms with Crippen LogP contribution >= 0.6 is 0 Å². The lowest BCUT2D eigenvalue weighted by molar-refractivity contribution is 0.251. The molecule has 1 aromatic heterocycles. The van der Waals surface area contributed by atoms with Crippen molar-refractivity contribution in [3.8, 4) is 0 Å². The molecule has 1 heterocycles. The Labute approximate surface area is 113 Å². The molecule has 4 nitrogen and oxygen atoms in total. The SMILES string of the molecule is Cc1ccccn1.NC(=O)N[CH]Cc1ccccc1. The van der Waals surface area contributed by atoms with Gasteiger partial charge >= 0.3 is 6.03 Å². The van der Waals surface area contributed by atoms with Crippen LogP contribution in [0.3, 0.4) is 0 Å². The lowest BCUT2D eigenvalue weighted by Crippen LogP contribution is -2.27. The molecule has 0 fully saturated rings. The number of carbonyl (C=O) groups excluding carboxylic acids is 1. The minimum absolute atomic E-state index is 0.522. The van der Waals surface area contributed by atoms with Crippen LogP contribution in [0.1, 0.15) is 11.3 Å². The maximum Gasteiger partial charge on any atom is 0.312 e. The molecule has 2 rings (SSSR count). The first-order valence-corrected chi connectivity index (χ1v) is 5.97. The van der Waals surface area contributed by atoms with Crippen LogP contribution in [0, 0.1) is 13.5 Å². The van der Waals surface area contributed by atoms with Gasteiger partial charge in [0.1, 0.15) is 0 Å². The minimum Gasteiger partial charge on any atom is -0.352 e. The first-order valence-electron chi connectivity index (χ1n) is 5.97. The van der Waals surface area contributed by atoms with Crippen LogP contribution in [-0.2, 0) is 6.42 Å². The number of rotatable bonds is 3. The Kier molecular flexibility index (Phi) is 6.72. The number of carbonyl (C=O) groups is 1. The van der Waals surface area contributed by atoms with Gasteiger partial charge in [-0.2, -0.15) is 0 Å². The highest BCUT2D eigenvalue weighted by Gasteiger charge is 1.93. The average molecular weight is 256 g/mol. The van der Waals surface area contributed by atoms with Crippen LogP contribution in [0.2, 0.25) is 0 Å². The van der Waals surface area contributed by atoms with Gasteiger partial charge in [-0.25, -0.2) is 4.79 Å². The van der Waals surface area contributed by atoms with Gasteiger partial charge in [-0.1, -0.05) is 36.4 Å². The molecule has 0 atom stereocenters. The lowest BCUT2D eigenvalue weighted by Gasteiger charge is -2.00. The molecule has 0 bridgehead atoms. The van der Waals surface area contributed by atoms with Crippen LogP contribution in [0.5, 0.6) is 0 Å². The number of aryl methyl sites for hydroxylation is 1. The lowest BCUT2D eigenvalue weighted by atomic mass is 10.1. The molecule has 4 heteroatoms. The molecule has 0 aliphatic heterocycles. The quantitative estimate of drug-likeness (QED) is 0.885. The summed E-state index contributed by atoms with van der Waals surface area (Å²) in [6.45, 7) is 3.61. The fourth-order valence-corrected chi connectivity index (χ4v) is 1.33. The summed E-state index contributed by atoms with van der Waals surface area (Å²) in [5.74, 6) is 0. The van der Waals surface area contributed by atoms with Crippen molar-refractivity contribution >= 4 is 6.03 Å². The van der Waals surface area contributed by atoms with Gasteiger partial charge in [0.2, 0.25) is 0 Å². The highest BCUT2D eigenvalue weighted by atomic mass is 16.2. The Balaban J connectivity index is 0.000000218. The Morgan fingerprint density at radius 2 is 1.89 bits per heavy atom. The first kappa shape index (κ1) is 14.7. The number of benzene rings is 1. The number of aromatic nitrogens is 1. The van der Waals surface area contributed by atoms with Gasteiger partial charge in [0, 0.05) is 11.9 Å². The van der Waals surface area contributed by atoms with E-state index >= 15 is 0 Å². The molecule has 0 saturated heterocycles. The van der Waals surface area contributed by atoms with E-state index in [1.54, 1.807) is 12.7 Å². The second-order valence-electron chi connectivity index (χ2n) is 3.87. The van der Waals surface area contributed by atoms with Crippen molar-refractivity contribution in [2.45, 2.75) is 13.3 Å². The summed E-state index contributed by atoms with van der Waals surface area (Å²) in [7, 11) is 0. The van der Waals surface area contributed by atoms with Crippen LogP contribution in [0.15, 0.2) is 54.7 Å². The van der Waals surface area contributed by atoms with E-state index in [-0.39, 0.29) is 0 Å². The van der Waals surface area contributed by atoms with Crippen molar-refractivity contribution in [2.75, 3.05) is 0 Å². The number of nitrogens with one attached hydrogen (secondary N) is 1. The molecule has 1 radical (unpaired) electrons. The Morgan fingerprint density at radius 3 is 2.37 bits per heavy atom. The zero-order valence-corrected chi connectivity index (χ0v) is 10.9. The topological polar surface area (TPSA) is 68.0 Å². The van der Waals surface area contributed by atoms with Crippen LogP contribution in [-0.4, -0.2) is 11.0 Å². The standard InChI is InChI=1S/C9H11N2O.C6H7N/c10-9(12)11-7-6-8-4-2-1-3-5-8;1-6-4-2-3-5-7-6/h1-5,7H,6H2,(H3,10,11,12);2-5H,1H3. The second-order valence-corrected chi connectivity index (χ2v) is 3.87. The van der Waals surface area contributed by atoms with E-state index in [1.165, 1.54) is 0 Å². The molecule has 19 heavy (non-hydrogen) atoms. The first-order chi connectivity index (χ1) is 9.18. The molecule has 1 aromatic carbocycles. The number of primary amides is 1. The number of amides is 2. The zero-order valence-electron chi connectivity index (χ0n) is 10.9. The largest absolute Gasteiger partial charge is 0.352 e. The summed E-state index contributed by atoms with van der Waals surface area (Å²) in [4.78, 5) is 14.2. The number of hydrogen-bond donors (Lipinski definition) is 2. The zero-order chi connectivity index (χ0) is 13.9. The van der Waals surface area contributed by atoms with Crippen molar-refractivity contribution in [1.82, 2.24) is 10.3 Å². The van der Waals surface area contributed by atoms with Crippen molar-refractivity contribution in [1.29, 1.82) is 0 Å². The predicted octanol–water partition coefficient (Wildman–Crippen LogP) is 2.45. The molecule has 0 aliphatic carbocycles. The summed E-state index contributed by atoms with van der Waals surface area (Å²) >= 11 is 0. The van der Waals surface area contributed by atoms with Crippen molar-refractivity contribution in [2.24, 2.45) is 5.73 Å². The van der Waals surface area contributed by atoms with Crippen LogP contribution < -0.4 is 11.1 Å². The molecule has 0 spiro atoms. The number of pyridine rings is 1. The predicted molar refractivity (Wildman–Crippen MR) is 76.1 cm³/mol. The Hall–Kier alpha value is -2.36. The summed E-state index contributed by atoms with van der Waals surface area (Å²) in [5.41, 5.74) is 7.09. The fourth-order valence-electron chi connectivity index (χ4n) is 1.33. The number of hydrogen-bond acceptors (Lipinski definition) is 2. The third-order valence-corrected chi connectivity index (χ3v) is 2.24. The smallest absolute Gasteiger partial charge is 0.312 e. The maximum absolute atomic E-state index is 10.3. The van der Waals surface area contributed by atoms with E-state index < -0.39 is 6.03 Å². The highest BCUT2D eigenvalue weighted by Crippen LogP contribution is 1.99. The van der Waals surface area contributed by atoms with Gasteiger partial charge < -0.3 is 11.1 Å². The summed E-state index contributed by atoms with van der Waals surface area (Å²) < 4.78 is 0. The fraction of sp³-hybridized carbons (Fsp3) is 0.133. The molecule has 0 aliphatic rings. The van der Waals surface area contributed by atoms with Gasteiger partial charge in [0.25, 0.3) is 0 Å². The van der Waals surface area contributed by atoms with E-state index in [2.05, 4.69) is 10.3 Å². The molecule has 2 amide bonds. The van der Waals surface area contributed by atoms with Crippen LogP contribution in [0.4, 0.5) is 4.79 Å². The monoisotopic (exact) mass is 256 g/mol. The minimum atomic E-state index is -0.522. The van der Waals surface area contributed by atoms with E-state index in [0.29, 0.717) is 6.42 Å². The second kappa shape index (κ2) is 8.69. The van der Waals surface area contributed by atoms with E-state index in [1.807, 2.05) is 55.5 Å². The molecule has 0 unspecified atom stereocenters. The molecule has 2 aromatic rings. The number of nitrogens with zero attached hydrogens (tertiary/aromatic N) is 1. The van der Waals surface area contributed by atoms with Gasteiger partial charge in [0.05, 0.1) is 6.54 Å². The normalized spacial score (nSPS) is 9.11. The van der Waals surface area contributed by atoms with Crippen LogP contribution in [0.25, 0.3) is 0 Å². The van der Waals surface area contributed by atoms with Crippen molar-refractivity contribution < 1.29 is 4.79 Å². The Morgan fingerprint density at radius 1 is 1.21 bits per heavy atom. The number of urea groups is 1. The van der Waals surface area contributed by atoms with E-state index in [9.17, 15) is 4.79 Å². The maximum atomic E-state index is 10.3. The van der Waals surface area contributed by atoms with Gasteiger partial charge in [-0.05, 0) is 31.0 Å². The molecular weight excluding hydrogens is 238 g/mol. The third kappa shape index (κ3) is 7.54. The third-order valence-electron chi connectivity index (χ3n) is 2.24. The Bertz CT molecular complexity index is 471. The number of nitrogens with two attached hydrogens (primary N) is 1. The molecule has 0 saturated carbocycles. The van der Waals surface area contributed by atoms with E-state index in [4.69, 9.17) is 5.73 Å².